The quantitative estimate of drug-likeness (QED) is 0.711. The molecular weight excluding hydrogens is 380 g/mol. The van der Waals surface area contributed by atoms with E-state index in [0.29, 0.717) is 38.0 Å². The van der Waals surface area contributed by atoms with Gasteiger partial charge in [0.05, 0.1) is 23.8 Å². The lowest BCUT2D eigenvalue weighted by Crippen LogP contribution is -2.41. The van der Waals surface area contributed by atoms with Gasteiger partial charge in [0.2, 0.25) is 5.91 Å². The van der Waals surface area contributed by atoms with Crippen LogP contribution in [0.2, 0.25) is 0 Å². The molecule has 7 heteroatoms. The van der Waals surface area contributed by atoms with Crippen LogP contribution in [0.5, 0.6) is 0 Å². The van der Waals surface area contributed by atoms with Gasteiger partial charge in [-0.25, -0.2) is 9.78 Å². The second-order valence-electron chi connectivity index (χ2n) is 7.98. The lowest BCUT2D eigenvalue weighted by molar-refractivity contribution is -0.122. The molecule has 1 spiro atoms. The predicted octanol–water partition coefficient (Wildman–Crippen LogP) is 4.15. The Morgan fingerprint density at radius 1 is 1.03 bits per heavy atom. The van der Waals surface area contributed by atoms with Crippen molar-refractivity contribution >= 4 is 34.5 Å². The van der Waals surface area contributed by atoms with E-state index >= 15 is 0 Å². The highest BCUT2D eigenvalue weighted by molar-refractivity contribution is 5.93. The van der Waals surface area contributed by atoms with Gasteiger partial charge in [0.15, 0.2) is 5.82 Å². The van der Waals surface area contributed by atoms with Crippen LogP contribution in [0.25, 0.3) is 11.0 Å². The summed E-state index contributed by atoms with van der Waals surface area (Å²) in [4.78, 5) is 35.7. The molecule has 30 heavy (non-hydrogen) atoms. The number of ether oxygens (including phenoxy) is 1. The minimum absolute atomic E-state index is 0.0568. The molecule has 0 bridgehead atoms. The Bertz CT molecular complexity index is 1090. The van der Waals surface area contributed by atoms with Crippen molar-refractivity contribution in [1.82, 2.24) is 9.97 Å². The Kier molecular flexibility index (Phi) is 4.58. The molecule has 0 radical (unpaired) electrons. The average molecular weight is 402 g/mol. The molecule has 2 aromatic carbocycles. The third-order valence-corrected chi connectivity index (χ3v) is 6.01. The highest BCUT2D eigenvalue weighted by atomic mass is 16.6. The SMILES string of the molecule is O=C(Nc1cnc2ccccc2n1)C1CCC2(CC1)CN(c1ccccc1)C(=O)O2. The van der Waals surface area contributed by atoms with Crippen molar-refractivity contribution in [3.05, 3.63) is 60.8 Å². The molecule has 2 amide bonds. The van der Waals surface area contributed by atoms with Crippen LogP contribution in [0, 0.1) is 5.92 Å². The first-order valence-electron chi connectivity index (χ1n) is 10.2. The maximum atomic E-state index is 12.8. The van der Waals surface area contributed by atoms with Gasteiger partial charge in [-0.05, 0) is 49.9 Å². The van der Waals surface area contributed by atoms with Crippen molar-refractivity contribution in [2.24, 2.45) is 5.92 Å². The van der Waals surface area contributed by atoms with E-state index in [1.54, 1.807) is 11.1 Å². The minimum atomic E-state index is -0.507. The predicted molar refractivity (Wildman–Crippen MR) is 113 cm³/mol. The summed E-state index contributed by atoms with van der Waals surface area (Å²) >= 11 is 0. The number of hydrogen-bond donors (Lipinski definition) is 1. The van der Waals surface area contributed by atoms with Crippen LogP contribution in [0.3, 0.4) is 0 Å². The zero-order valence-corrected chi connectivity index (χ0v) is 16.5. The molecule has 1 saturated carbocycles. The molecule has 1 aliphatic heterocycles. The van der Waals surface area contributed by atoms with Gasteiger partial charge in [-0.15, -0.1) is 0 Å². The van der Waals surface area contributed by atoms with Crippen LogP contribution in [-0.2, 0) is 9.53 Å². The highest BCUT2D eigenvalue weighted by Gasteiger charge is 2.48. The smallest absolute Gasteiger partial charge is 0.415 e. The number of carbonyl (C=O) groups is 2. The van der Waals surface area contributed by atoms with Crippen molar-refractivity contribution in [1.29, 1.82) is 0 Å². The summed E-state index contributed by atoms with van der Waals surface area (Å²) in [6.45, 7) is 0.528. The van der Waals surface area contributed by atoms with Crippen molar-refractivity contribution in [3.8, 4) is 0 Å². The Balaban J connectivity index is 1.22. The number of rotatable bonds is 3. The zero-order chi connectivity index (χ0) is 20.6. The molecule has 152 valence electrons. The Labute approximate surface area is 174 Å². The summed E-state index contributed by atoms with van der Waals surface area (Å²) < 4.78 is 5.78. The van der Waals surface area contributed by atoms with E-state index in [1.807, 2.05) is 54.6 Å². The topological polar surface area (TPSA) is 84.4 Å². The summed E-state index contributed by atoms with van der Waals surface area (Å²) in [5.41, 5.74) is 1.87. The van der Waals surface area contributed by atoms with E-state index in [1.165, 1.54) is 0 Å². The third-order valence-electron chi connectivity index (χ3n) is 6.01. The van der Waals surface area contributed by atoms with Crippen molar-refractivity contribution in [2.45, 2.75) is 31.3 Å². The summed E-state index contributed by atoms with van der Waals surface area (Å²) in [6, 6.07) is 17.1. The number of hydrogen-bond acceptors (Lipinski definition) is 5. The number of anilines is 2. The van der Waals surface area contributed by atoms with Crippen LogP contribution in [0.1, 0.15) is 25.7 Å². The zero-order valence-electron chi connectivity index (χ0n) is 16.5. The number of amides is 2. The van der Waals surface area contributed by atoms with Gasteiger partial charge in [-0.1, -0.05) is 30.3 Å². The van der Waals surface area contributed by atoms with Gasteiger partial charge in [-0.3, -0.25) is 14.7 Å². The number of aromatic nitrogens is 2. The molecular formula is C23H22N4O3. The second-order valence-corrected chi connectivity index (χ2v) is 7.98. The number of nitrogens with one attached hydrogen (secondary N) is 1. The Hall–Kier alpha value is -3.48. The molecule has 1 N–H and O–H groups in total. The van der Waals surface area contributed by atoms with E-state index in [4.69, 9.17) is 4.74 Å². The number of benzene rings is 2. The Morgan fingerprint density at radius 2 is 1.73 bits per heavy atom. The fraction of sp³-hybridized carbons (Fsp3) is 0.304. The lowest BCUT2D eigenvalue weighted by Gasteiger charge is -2.34. The van der Waals surface area contributed by atoms with E-state index in [2.05, 4.69) is 15.3 Å². The second kappa shape index (κ2) is 7.40. The molecule has 2 heterocycles. The van der Waals surface area contributed by atoms with Crippen LogP contribution >= 0.6 is 0 Å². The summed E-state index contributed by atoms with van der Waals surface area (Å²) in [6.07, 6.45) is 3.95. The van der Waals surface area contributed by atoms with Crippen molar-refractivity contribution in [2.75, 3.05) is 16.8 Å². The van der Waals surface area contributed by atoms with Crippen LogP contribution in [0.15, 0.2) is 60.8 Å². The molecule has 5 rings (SSSR count). The molecule has 1 saturated heterocycles. The van der Waals surface area contributed by atoms with Gasteiger partial charge < -0.3 is 10.1 Å². The first-order valence-corrected chi connectivity index (χ1v) is 10.2. The van der Waals surface area contributed by atoms with E-state index in [9.17, 15) is 9.59 Å². The third kappa shape index (κ3) is 3.47. The maximum absolute atomic E-state index is 12.8. The summed E-state index contributed by atoms with van der Waals surface area (Å²) in [5.74, 6) is 0.272. The lowest BCUT2D eigenvalue weighted by atomic mass is 9.78. The number of carbonyl (C=O) groups excluding carboxylic acids is 2. The van der Waals surface area contributed by atoms with Gasteiger partial charge in [-0.2, -0.15) is 0 Å². The fourth-order valence-electron chi connectivity index (χ4n) is 4.34. The summed E-state index contributed by atoms with van der Waals surface area (Å²) in [5, 5.41) is 2.90. The monoisotopic (exact) mass is 402 g/mol. The molecule has 0 atom stereocenters. The molecule has 3 aromatic rings. The molecule has 2 fully saturated rings. The van der Waals surface area contributed by atoms with Crippen LogP contribution in [-0.4, -0.2) is 34.1 Å². The molecule has 2 aliphatic rings. The molecule has 0 unspecified atom stereocenters. The Morgan fingerprint density at radius 3 is 2.50 bits per heavy atom. The van der Waals surface area contributed by atoms with Gasteiger partial charge in [0.25, 0.3) is 0 Å². The van der Waals surface area contributed by atoms with E-state index in [-0.39, 0.29) is 17.9 Å². The van der Waals surface area contributed by atoms with Crippen molar-refractivity contribution in [3.63, 3.8) is 0 Å². The van der Waals surface area contributed by atoms with Gasteiger partial charge >= 0.3 is 6.09 Å². The number of para-hydroxylation sites is 3. The fourth-order valence-corrected chi connectivity index (χ4v) is 4.34. The normalized spacial score (nSPS) is 23.5. The molecule has 1 aliphatic carbocycles. The molecule has 1 aromatic heterocycles. The number of fused-ring (bicyclic) bond motifs is 1. The first-order chi connectivity index (χ1) is 14.6. The van der Waals surface area contributed by atoms with Gasteiger partial charge in [0.1, 0.15) is 5.60 Å². The van der Waals surface area contributed by atoms with Crippen LogP contribution < -0.4 is 10.2 Å². The largest absolute Gasteiger partial charge is 0.441 e. The van der Waals surface area contributed by atoms with E-state index in [0.717, 1.165) is 16.7 Å². The molecule has 7 nitrogen and oxygen atoms in total. The van der Waals surface area contributed by atoms with Crippen LogP contribution in [0.4, 0.5) is 16.3 Å². The summed E-state index contributed by atoms with van der Waals surface area (Å²) in [7, 11) is 0. The first kappa shape index (κ1) is 18.5. The minimum Gasteiger partial charge on any atom is -0.441 e. The van der Waals surface area contributed by atoms with Gasteiger partial charge in [0, 0.05) is 11.6 Å². The van der Waals surface area contributed by atoms with Crippen molar-refractivity contribution < 1.29 is 14.3 Å². The highest BCUT2D eigenvalue weighted by Crippen LogP contribution is 2.41. The number of nitrogens with zero attached hydrogens (tertiary/aromatic N) is 3. The maximum Gasteiger partial charge on any atom is 0.415 e. The van der Waals surface area contributed by atoms with E-state index < -0.39 is 5.60 Å². The average Bonchev–Trinajstić information content (AvgIpc) is 3.10. The standard InChI is InChI=1S/C23H22N4O3/c28-21(26-20-14-24-18-8-4-5-9-19(18)25-20)16-10-12-23(13-11-16)15-27(22(29)30-23)17-6-2-1-3-7-17/h1-9,14,16H,10-13,15H2,(H,25,26,28).